The van der Waals surface area contributed by atoms with Crippen LogP contribution in [0, 0.1) is 5.92 Å². The Morgan fingerprint density at radius 2 is 2.07 bits per heavy atom. The van der Waals surface area contributed by atoms with Gasteiger partial charge >= 0.3 is 12.1 Å². The maximum absolute atomic E-state index is 13.0. The summed E-state index contributed by atoms with van der Waals surface area (Å²) in [4.78, 5) is 27.4. The lowest BCUT2D eigenvalue weighted by Gasteiger charge is -2.26. The van der Waals surface area contributed by atoms with E-state index >= 15 is 0 Å². The van der Waals surface area contributed by atoms with Gasteiger partial charge in [0.15, 0.2) is 11.5 Å². The van der Waals surface area contributed by atoms with Gasteiger partial charge in [0.1, 0.15) is 6.61 Å². The number of carbonyl (C=O) groups excluding carboxylic acids is 2. The van der Waals surface area contributed by atoms with E-state index in [1.54, 1.807) is 11.8 Å². The summed E-state index contributed by atoms with van der Waals surface area (Å²) in [5, 5.41) is 0. The highest BCUT2D eigenvalue weighted by atomic mass is 16.7. The molecule has 0 N–H and O–H groups in total. The molecule has 1 amide bonds. The van der Waals surface area contributed by atoms with E-state index in [0.717, 1.165) is 12.0 Å². The summed E-state index contributed by atoms with van der Waals surface area (Å²) >= 11 is 0. The molecule has 0 saturated carbocycles. The number of allylic oxidation sites excluding steroid dienone is 2. The van der Waals surface area contributed by atoms with Crippen molar-refractivity contribution in [1.29, 1.82) is 0 Å². The van der Waals surface area contributed by atoms with Gasteiger partial charge in [-0.15, -0.1) is 0 Å². The standard InChI is InChI=1S/C23H29NO6/c1-4-7-8-9-18-21(22(25)27-6-3)17(14-24(18)23(26)28-12-5-2)16-10-11-19-20(13-16)30-15-29-19/h4-5,7,10-11,13,17-18,21H,2,6,8-9,12,14-15H2,1,3H3/b7-4+/t17-,18+,21-/m1/s1. The maximum atomic E-state index is 13.0. The van der Waals surface area contributed by atoms with E-state index in [1.807, 2.05) is 37.3 Å². The van der Waals surface area contributed by atoms with Crippen molar-refractivity contribution < 1.29 is 28.5 Å². The van der Waals surface area contributed by atoms with Crippen LogP contribution in [-0.2, 0) is 14.3 Å². The third-order valence-electron chi connectivity index (χ3n) is 5.45. The maximum Gasteiger partial charge on any atom is 0.410 e. The first kappa shape index (κ1) is 21.7. The number of likely N-dealkylation sites (tertiary alicyclic amines) is 1. The zero-order chi connectivity index (χ0) is 21.5. The number of ether oxygens (including phenoxy) is 4. The van der Waals surface area contributed by atoms with Crippen molar-refractivity contribution >= 4 is 12.1 Å². The van der Waals surface area contributed by atoms with E-state index in [1.165, 1.54) is 6.08 Å². The molecule has 2 aliphatic rings. The molecule has 0 unspecified atom stereocenters. The Hall–Kier alpha value is -2.96. The summed E-state index contributed by atoms with van der Waals surface area (Å²) in [6.07, 6.45) is 6.46. The van der Waals surface area contributed by atoms with Crippen molar-refractivity contribution in [2.24, 2.45) is 5.92 Å². The van der Waals surface area contributed by atoms with Crippen LogP contribution in [0.4, 0.5) is 4.79 Å². The van der Waals surface area contributed by atoms with E-state index in [4.69, 9.17) is 18.9 Å². The Morgan fingerprint density at radius 1 is 1.27 bits per heavy atom. The molecule has 0 radical (unpaired) electrons. The lowest BCUT2D eigenvalue weighted by Crippen LogP contribution is -2.40. The molecule has 2 aliphatic heterocycles. The van der Waals surface area contributed by atoms with Gasteiger partial charge in [0, 0.05) is 18.5 Å². The van der Waals surface area contributed by atoms with E-state index in [2.05, 4.69) is 6.58 Å². The molecule has 0 aliphatic carbocycles. The monoisotopic (exact) mass is 415 g/mol. The molecular formula is C23H29NO6. The van der Waals surface area contributed by atoms with Crippen LogP contribution in [0.1, 0.15) is 38.2 Å². The van der Waals surface area contributed by atoms with Gasteiger partial charge in [-0.3, -0.25) is 4.79 Å². The average molecular weight is 415 g/mol. The molecule has 1 saturated heterocycles. The number of hydrogen-bond donors (Lipinski definition) is 0. The number of fused-ring (bicyclic) bond motifs is 1. The van der Waals surface area contributed by atoms with Crippen LogP contribution in [0.15, 0.2) is 43.0 Å². The second-order valence-corrected chi connectivity index (χ2v) is 7.23. The number of rotatable bonds is 8. The Balaban J connectivity index is 1.94. The first-order valence-corrected chi connectivity index (χ1v) is 10.3. The first-order chi connectivity index (χ1) is 14.6. The fourth-order valence-corrected chi connectivity index (χ4v) is 4.13. The van der Waals surface area contributed by atoms with Gasteiger partial charge in [-0.1, -0.05) is 30.9 Å². The minimum Gasteiger partial charge on any atom is -0.466 e. The van der Waals surface area contributed by atoms with Crippen molar-refractivity contribution in [2.45, 2.75) is 38.6 Å². The largest absolute Gasteiger partial charge is 0.466 e. The number of nitrogens with zero attached hydrogens (tertiary/aromatic N) is 1. The van der Waals surface area contributed by atoms with Crippen molar-refractivity contribution in [3.05, 3.63) is 48.6 Å². The Morgan fingerprint density at radius 3 is 2.80 bits per heavy atom. The fraction of sp³-hybridized carbons (Fsp3) is 0.478. The second-order valence-electron chi connectivity index (χ2n) is 7.23. The van der Waals surface area contributed by atoms with Gasteiger partial charge in [0.05, 0.1) is 12.5 Å². The van der Waals surface area contributed by atoms with Crippen molar-refractivity contribution in [3.8, 4) is 11.5 Å². The van der Waals surface area contributed by atoms with Crippen LogP contribution >= 0.6 is 0 Å². The molecule has 0 aromatic heterocycles. The molecule has 0 spiro atoms. The smallest absolute Gasteiger partial charge is 0.410 e. The molecule has 162 valence electrons. The van der Waals surface area contributed by atoms with Crippen LogP contribution in [0.5, 0.6) is 11.5 Å². The second kappa shape index (κ2) is 10.2. The van der Waals surface area contributed by atoms with Crippen molar-refractivity contribution in [1.82, 2.24) is 4.90 Å². The average Bonchev–Trinajstić information content (AvgIpc) is 3.36. The summed E-state index contributed by atoms with van der Waals surface area (Å²) in [5.74, 6) is 0.298. The summed E-state index contributed by atoms with van der Waals surface area (Å²) < 4.78 is 21.6. The lowest BCUT2D eigenvalue weighted by atomic mass is 9.83. The predicted octanol–water partition coefficient (Wildman–Crippen LogP) is 4.04. The summed E-state index contributed by atoms with van der Waals surface area (Å²) in [5.41, 5.74) is 0.910. The molecule has 3 atom stereocenters. The van der Waals surface area contributed by atoms with E-state index in [9.17, 15) is 9.59 Å². The third-order valence-corrected chi connectivity index (χ3v) is 5.45. The Labute approximate surface area is 177 Å². The molecule has 1 aromatic carbocycles. The molecule has 7 heteroatoms. The summed E-state index contributed by atoms with van der Waals surface area (Å²) in [6.45, 7) is 8.27. The van der Waals surface area contributed by atoms with Crippen LogP contribution in [0.25, 0.3) is 0 Å². The topological polar surface area (TPSA) is 74.3 Å². The molecule has 1 fully saturated rings. The molecule has 1 aromatic rings. The van der Waals surface area contributed by atoms with Crippen LogP contribution in [0.2, 0.25) is 0 Å². The number of amides is 1. The number of carbonyl (C=O) groups is 2. The molecular weight excluding hydrogens is 386 g/mol. The highest BCUT2D eigenvalue weighted by molar-refractivity contribution is 5.78. The van der Waals surface area contributed by atoms with Gasteiger partial charge < -0.3 is 23.8 Å². The van der Waals surface area contributed by atoms with Gasteiger partial charge in [-0.05, 0) is 44.4 Å². The van der Waals surface area contributed by atoms with Crippen LogP contribution in [-0.4, -0.2) is 49.6 Å². The number of benzene rings is 1. The van der Waals surface area contributed by atoms with Gasteiger partial charge in [0.2, 0.25) is 6.79 Å². The minimum atomic E-state index is -0.494. The van der Waals surface area contributed by atoms with Gasteiger partial charge in [-0.25, -0.2) is 4.79 Å². The summed E-state index contributed by atoms with van der Waals surface area (Å²) in [7, 11) is 0. The molecule has 0 bridgehead atoms. The third kappa shape index (κ3) is 4.61. The highest BCUT2D eigenvalue weighted by Crippen LogP contribution is 2.43. The van der Waals surface area contributed by atoms with E-state index in [0.29, 0.717) is 24.5 Å². The minimum absolute atomic E-state index is 0.121. The van der Waals surface area contributed by atoms with Gasteiger partial charge in [-0.2, -0.15) is 0 Å². The number of esters is 1. The van der Waals surface area contributed by atoms with E-state index < -0.39 is 12.0 Å². The first-order valence-electron chi connectivity index (χ1n) is 10.3. The number of hydrogen-bond acceptors (Lipinski definition) is 6. The van der Waals surface area contributed by atoms with Gasteiger partial charge in [0.25, 0.3) is 0 Å². The molecule has 3 rings (SSSR count). The van der Waals surface area contributed by atoms with Crippen molar-refractivity contribution in [3.63, 3.8) is 0 Å². The van der Waals surface area contributed by atoms with Crippen LogP contribution < -0.4 is 9.47 Å². The Kier molecular flexibility index (Phi) is 7.38. The van der Waals surface area contributed by atoms with Crippen molar-refractivity contribution in [2.75, 3.05) is 26.6 Å². The highest BCUT2D eigenvalue weighted by Gasteiger charge is 2.49. The Bertz CT molecular complexity index is 805. The summed E-state index contributed by atoms with van der Waals surface area (Å²) in [6, 6.07) is 5.33. The molecule has 2 heterocycles. The quantitative estimate of drug-likeness (QED) is 0.471. The zero-order valence-electron chi connectivity index (χ0n) is 17.5. The molecule has 7 nitrogen and oxygen atoms in total. The normalized spacial score (nSPS) is 22.3. The SMILES string of the molecule is C=CCOC(=O)N1C[C@H](c2ccc3c(c2)OCO3)[C@@H](C(=O)OCC)[C@@H]1CC/C=C/C. The molecule has 30 heavy (non-hydrogen) atoms. The fourth-order valence-electron chi connectivity index (χ4n) is 4.13. The lowest BCUT2D eigenvalue weighted by molar-refractivity contribution is -0.149. The zero-order valence-corrected chi connectivity index (χ0v) is 17.5. The van der Waals surface area contributed by atoms with Crippen LogP contribution in [0.3, 0.4) is 0 Å². The predicted molar refractivity (Wildman–Crippen MR) is 112 cm³/mol. The van der Waals surface area contributed by atoms with E-state index in [-0.39, 0.29) is 37.9 Å².